The van der Waals surface area contributed by atoms with E-state index in [0.717, 1.165) is 43.4 Å². The predicted molar refractivity (Wildman–Crippen MR) is 125 cm³/mol. The number of phenolic OH excluding ortho intramolecular Hbond substituents is 1. The van der Waals surface area contributed by atoms with Crippen LogP contribution >= 0.6 is 0 Å². The second-order valence-electron chi connectivity index (χ2n) is 7.32. The topological polar surface area (TPSA) is 97.3 Å². The highest BCUT2D eigenvalue weighted by Crippen LogP contribution is 2.27. The number of guanidine groups is 1. The molecule has 3 rings (SSSR count). The highest BCUT2D eigenvalue weighted by Gasteiger charge is 2.21. The number of para-hydroxylation sites is 2. The largest absolute Gasteiger partial charge is 0.506 e. The van der Waals surface area contributed by atoms with Gasteiger partial charge in [-0.1, -0.05) is 42.5 Å². The second kappa shape index (κ2) is 11.0. The third-order valence-electron chi connectivity index (χ3n) is 5.10. The number of hydrogen-bond acceptors (Lipinski definition) is 5. The Balaban J connectivity index is 1.52. The zero-order chi connectivity index (χ0) is 22.1. The van der Waals surface area contributed by atoms with E-state index in [4.69, 9.17) is 0 Å². The fourth-order valence-corrected chi connectivity index (χ4v) is 4.31. The molecule has 0 saturated carbocycles. The van der Waals surface area contributed by atoms with Crippen molar-refractivity contribution in [3.05, 3.63) is 60.2 Å². The molecule has 31 heavy (non-hydrogen) atoms. The van der Waals surface area contributed by atoms with Gasteiger partial charge in [0.05, 0.1) is 18.0 Å². The lowest BCUT2D eigenvalue weighted by molar-refractivity contribution is 0.370. The lowest BCUT2D eigenvalue weighted by Crippen LogP contribution is -2.52. The fraction of sp³-hybridized carbons (Fsp3) is 0.409. The standard InChI is InChI=1S/C22H31N5O3S/c1-2-23-22(24-12-17-31(29,30)25-18-19-8-4-3-5-9-19)27-15-13-26(14-16-27)20-10-6-7-11-21(20)28/h3-11,25,28H,2,12-18H2,1H3,(H,23,24). The van der Waals surface area contributed by atoms with Crippen LogP contribution in [0.3, 0.4) is 0 Å². The molecule has 0 amide bonds. The van der Waals surface area contributed by atoms with E-state index in [9.17, 15) is 13.5 Å². The summed E-state index contributed by atoms with van der Waals surface area (Å²) in [4.78, 5) is 8.81. The van der Waals surface area contributed by atoms with Gasteiger partial charge in [-0.15, -0.1) is 0 Å². The summed E-state index contributed by atoms with van der Waals surface area (Å²) < 4.78 is 27.2. The van der Waals surface area contributed by atoms with Crippen LogP contribution in [0, 0.1) is 0 Å². The maximum Gasteiger partial charge on any atom is 0.213 e. The fourth-order valence-electron chi connectivity index (χ4n) is 3.45. The Kier molecular flexibility index (Phi) is 8.13. The minimum absolute atomic E-state index is 0.0629. The number of piperazine rings is 1. The van der Waals surface area contributed by atoms with Crippen molar-refractivity contribution >= 4 is 21.7 Å². The van der Waals surface area contributed by atoms with Crippen molar-refractivity contribution in [2.45, 2.75) is 13.5 Å². The van der Waals surface area contributed by atoms with Gasteiger partial charge >= 0.3 is 0 Å². The first kappa shape index (κ1) is 22.9. The molecular formula is C22H31N5O3S. The highest BCUT2D eigenvalue weighted by atomic mass is 32.2. The van der Waals surface area contributed by atoms with Gasteiger partial charge in [0, 0.05) is 39.3 Å². The molecule has 1 saturated heterocycles. The Hall–Kier alpha value is -2.78. The quantitative estimate of drug-likeness (QED) is 0.422. The van der Waals surface area contributed by atoms with E-state index in [-0.39, 0.29) is 24.6 Å². The third kappa shape index (κ3) is 6.86. The van der Waals surface area contributed by atoms with E-state index in [2.05, 4.69) is 24.8 Å². The molecule has 0 atom stereocenters. The zero-order valence-electron chi connectivity index (χ0n) is 17.9. The number of aliphatic imine (C=N–C) groups is 1. The highest BCUT2D eigenvalue weighted by molar-refractivity contribution is 7.89. The minimum atomic E-state index is -3.41. The number of anilines is 1. The Labute approximate surface area is 184 Å². The van der Waals surface area contributed by atoms with Crippen molar-refractivity contribution in [2.24, 2.45) is 4.99 Å². The summed E-state index contributed by atoms with van der Waals surface area (Å²) in [6.07, 6.45) is 0. The lowest BCUT2D eigenvalue weighted by atomic mass is 10.2. The average Bonchev–Trinajstić information content (AvgIpc) is 2.78. The van der Waals surface area contributed by atoms with Crippen LogP contribution in [-0.4, -0.2) is 69.4 Å². The first-order valence-corrected chi connectivity index (χ1v) is 12.2. The van der Waals surface area contributed by atoms with Gasteiger partial charge in [0.2, 0.25) is 10.0 Å². The Morgan fingerprint density at radius 3 is 2.39 bits per heavy atom. The molecule has 0 bridgehead atoms. The number of phenols is 1. The molecule has 1 heterocycles. The number of nitrogens with one attached hydrogen (secondary N) is 2. The Bertz CT molecular complexity index is 958. The van der Waals surface area contributed by atoms with Gasteiger partial charge in [-0.2, -0.15) is 0 Å². The van der Waals surface area contributed by atoms with Gasteiger partial charge in [0.25, 0.3) is 0 Å². The number of rotatable bonds is 8. The second-order valence-corrected chi connectivity index (χ2v) is 9.25. The molecule has 9 heteroatoms. The van der Waals surface area contributed by atoms with Crippen molar-refractivity contribution in [1.29, 1.82) is 0 Å². The molecule has 0 spiro atoms. The maximum absolute atomic E-state index is 12.3. The molecule has 168 valence electrons. The van der Waals surface area contributed by atoms with E-state index < -0.39 is 10.0 Å². The number of nitrogens with zero attached hydrogens (tertiary/aromatic N) is 3. The molecule has 0 aliphatic carbocycles. The normalized spacial score (nSPS) is 15.2. The summed E-state index contributed by atoms with van der Waals surface area (Å²) in [7, 11) is -3.41. The summed E-state index contributed by atoms with van der Waals surface area (Å²) in [5.74, 6) is 0.939. The number of aromatic hydroxyl groups is 1. The van der Waals surface area contributed by atoms with Crippen LogP contribution < -0.4 is 14.9 Å². The molecule has 0 unspecified atom stereocenters. The summed E-state index contributed by atoms with van der Waals surface area (Å²) in [5.41, 5.74) is 1.75. The summed E-state index contributed by atoms with van der Waals surface area (Å²) in [6, 6.07) is 16.8. The average molecular weight is 446 g/mol. The van der Waals surface area contributed by atoms with Crippen LogP contribution in [-0.2, 0) is 16.6 Å². The maximum atomic E-state index is 12.3. The van der Waals surface area contributed by atoms with Crippen molar-refractivity contribution < 1.29 is 13.5 Å². The Morgan fingerprint density at radius 1 is 1.03 bits per heavy atom. The third-order valence-corrected chi connectivity index (χ3v) is 6.40. The molecule has 1 aliphatic heterocycles. The number of benzene rings is 2. The summed E-state index contributed by atoms with van der Waals surface area (Å²) >= 11 is 0. The van der Waals surface area contributed by atoms with Crippen LogP contribution in [0.25, 0.3) is 0 Å². The molecular weight excluding hydrogens is 414 g/mol. The van der Waals surface area contributed by atoms with E-state index >= 15 is 0 Å². The predicted octanol–water partition coefficient (Wildman–Crippen LogP) is 1.60. The number of hydrogen-bond donors (Lipinski definition) is 3. The summed E-state index contributed by atoms with van der Waals surface area (Å²) in [5, 5.41) is 13.3. The van der Waals surface area contributed by atoms with E-state index in [1.807, 2.05) is 55.5 Å². The van der Waals surface area contributed by atoms with E-state index in [1.165, 1.54) is 0 Å². The van der Waals surface area contributed by atoms with Gasteiger partial charge in [-0.25, -0.2) is 13.1 Å². The van der Waals surface area contributed by atoms with Crippen LogP contribution in [0.1, 0.15) is 12.5 Å². The first-order chi connectivity index (χ1) is 15.0. The van der Waals surface area contributed by atoms with Gasteiger partial charge in [0.15, 0.2) is 5.96 Å². The van der Waals surface area contributed by atoms with Gasteiger partial charge in [-0.05, 0) is 24.6 Å². The number of sulfonamides is 1. The van der Waals surface area contributed by atoms with Crippen LogP contribution in [0.4, 0.5) is 5.69 Å². The van der Waals surface area contributed by atoms with E-state index in [0.29, 0.717) is 6.54 Å². The molecule has 1 fully saturated rings. The summed E-state index contributed by atoms with van der Waals surface area (Å²) in [6.45, 7) is 6.13. The molecule has 2 aromatic rings. The monoisotopic (exact) mass is 445 g/mol. The molecule has 0 aromatic heterocycles. The minimum Gasteiger partial charge on any atom is -0.506 e. The Morgan fingerprint density at radius 2 is 1.71 bits per heavy atom. The van der Waals surface area contributed by atoms with Crippen LogP contribution in [0.15, 0.2) is 59.6 Å². The first-order valence-electron chi connectivity index (χ1n) is 10.6. The molecule has 1 aliphatic rings. The van der Waals surface area contributed by atoms with Crippen molar-refractivity contribution in [3.8, 4) is 5.75 Å². The molecule has 3 N–H and O–H groups in total. The van der Waals surface area contributed by atoms with Crippen LogP contribution in [0.5, 0.6) is 5.75 Å². The van der Waals surface area contributed by atoms with Gasteiger partial charge in [-0.3, -0.25) is 4.99 Å². The van der Waals surface area contributed by atoms with Crippen molar-refractivity contribution in [2.75, 3.05) is 49.9 Å². The molecule has 8 nitrogen and oxygen atoms in total. The van der Waals surface area contributed by atoms with E-state index in [1.54, 1.807) is 6.07 Å². The zero-order valence-corrected chi connectivity index (χ0v) is 18.7. The van der Waals surface area contributed by atoms with Gasteiger partial charge in [0.1, 0.15) is 5.75 Å². The lowest BCUT2D eigenvalue weighted by Gasteiger charge is -2.37. The molecule has 0 radical (unpaired) electrons. The smallest absolute Gasteiger partial charge is 0.213 e. The van der Waals surface area contributed by atoms with Crippen molar-refractivity contribution in [3.63, 3.8) is 0 Å². The SMILES string of the molecule is CCNC(=NCCS(=O)(=O)NCc1ccccc1)N1CCN(c2ccccc2O)CC1. The van der Waals surface area contributed by atoms with Crippen molar-refractivity contribution in [1.82, 2.24) is 14.9 Å². The molecule has 2 aromatic carbocycles. The van der Waals surface area contributed by atoms with Gasteiger partial charge < -0.3 is 20.2 Å². The van der Waals surface area contributed by atoms with Crippen LogP contribution in [0.2, 0.25) is 0 Å².